The van der Waals surface area contributed by atoms with Gasteiger partial charge in [-0.05, 0) is 30.7 Å². The van der Waals surface area contributed by atoms with Crippen LogP contribution in [0.2, 0.25) is 0 Å². The van der Waals surface area contributed by atoms with E-state index in [1.807, 2.05) is 10.6 Å². The lowest BCUT2D eigenvalue weighted by molar-refractivity contribution is -0.143. The molecule has 0 aliphatic carbocycles. The number of rotatable bonds is 9. The van der Waals surface area contributed by atoms with E-state index in [2.05, 4.69) is 4.98 Å². The van der Waals surface area contributed by atoms with E-state index in [4.69, 9.17) is 0 Å². The largest absolute Gasteiger partial charge is 0.480 e. The van der Waals surface area contributed by atoms with Crippen LogP contribution in [0.1, 0.15) is 29.4 Å². The molecule has 1 aromatic carbocycles. The summed E-state index contributed by atoms with van der Waals surface area (Å²) >= 11 is 0. The number of carbonyl (C=O) groups excluding carboxylic acids is 1. The molecule has 0 radical (unpaired) electrons. The number of carboxylic acid groups (broad SMARTS) is 1. The van der Waals surface area contributed by atoms with Gasteiger partial charge in [0.25, 0.3) is 11.5 Å². The Bertz CT molecular complexity index is 1820. The number of carboxylic acids is 1. The zero-order chi connectivity index (χ0) is 31.8. The number of hydrogen-bond donors (Lipinski definition) is 3. The fourth-order valence-electron chi connectivity index (χ4n) is 4.57. The Labute approximate surface area is 239 Å². The highest BCUT2D eigenvalue weighted by atomic mass is 19.4. The molecule has 3 heterocycles. The normalized spacial score (nSPS) is 13.1. The summed E-state index contributed by atoms with van der Waals surface area (Å²) < 4.78 is 72.2. The summed E-state index contributed by atoms with van der Waals surface area (Å²) in [5.74, 6) is -5.99. The van der Waals surface area contributed by atoms with Crippen molar-refractivity contribution in [2.75, 3.05) is 5.32 Å². The number of aliphatic carboxylic acids is 1. The number of benzene rings is 1. The molecule has 0 saturated heterocycles. The van der Waals surface area contributed by atoms with Gasteiger partial charge in [0.2, 0.25) is 0 Å². The molecule has 2 atom stereocenters. The summed E-state index contributed by atoms with van der Waals surface area (Å²) in [6.07, 6.45) is -1.33. The maximum atomic E-state index is 14.7. The van der Waals surface area contributed by atoms with Crippen molar-refractivity contribution in [3.63, 3.8) is 0 Å². The minimum Gasteiger partial charge on any atom is -0.480 e. The van der Waals surface area contributed by atoms with Crippen molar-refractivity contribution in [2.24, 2.45) is 14.1 Å². The van der Waals surface area contributed by atoms with E-state index in [-0.39, 0.29) is 16.9 Å². The Morgan fingerprint density at radius 2 is 1.72 bits per heavy atom. The van der Waals surface area contributed by atoms with E-state index < -0.39 is 77.1 Å². The molecule has 0 saturated carbocycles. The molecular weight excluding hydrogens is 583 g/mol. The fraction of sp³-hybridized carbons (Fsp3) is 0.296. The van der Waals surface area contributed by atoms with Crippen LogP contribution in [-0.2, 0) is 25.3 Å². The molecule has 0 fully saturated rings. The van der Waals surface area contributed by atoms with Crippen LogP contribution >= 0.6 is 0 Å². The molecule has 1 amide bonds. The van der Waals surface area contributed by atoms with Gasteiger partial charge in [-0.3, -0.25) is 14.2 Å². The maximum Gasteiger partial charge on any atom is 0.408 e. The first-order chi connectivity index (χ1) is 20.1. The maximum absolute atomic E-state index is 14.7. The zero-order valence-electron chi connectivity index (χ0n) is 22.9. The van der Waals surface area contributed by atoms with E-state index in [0.29, 0.717) is 17.7 Å². The van der Waals surface area contributed by atoms with Crippen LogP contribution in [0.5, 0.6) is 0 Å². The summed E-state index contributed by atoms with van der Waals surface area (Å²) in [5.41, 5.74) is -1.89. The number of aryl methyl sites for hydroxylation is 1. The molecule has 3 N–H and O–H groups in total. The number of nitrogens with zero attached hydrogens (tertiary/aromatic N) is 4. The smallest absolute Gasteiger partial charge is 0.408 e. The van der Waals surface area contributed by atoms with Gasteiger partial charge in [0.1, 0.15) is 34.9 Å². The predicted molar refractivity (Wildman–Crippen MR) is 144 cm³/mol. The average Bonchev–Trinajstić information content (AvgIpc) is 3.42. The number of alkyl halides is 3. The molecule has 11 nitrogen and oxygen atoms in total. The van der Waals surface area contributed by atoms with Crippen LogP contribution < -0.4 is 21.9 Å². The summed E-state index contributed by atoms with van der Waals surface area (Å²) in [6.45, 7) is 1.23. The second-order valence-electron chi connectivity index (χ2n) is 9.69. The van der Waals surface area contributed by atoms with Crippen LogP contribution in [0.15, 0.2) is 52.4 Å². The van der Waals surface area contributed by atoms with Crippen LogP contribution in [0.25, 0.3) is 16.8 Å². The molecule has 4 aromatic rings. The summed E-state index contributed by atoms with van der Waals surface area (Å²) in [7, 11) is 2.77. The molecule has 3 aromatic heterocycles. The van der Waals surface area contributed by atoms with Gasteiger partial charge in [-0.1, -0.05) is 6.92 Å². The van der Waals surface area contributed by atoms with Crippen molar-refractivity contribution in [2.45, 2.75) is 38.0 Å². The average molecular weight is 609 g/mol. The SMILES string of the molecule is CCC(Nc1cc(F)c(C(=O)NC(Cc2ccc(-c3cn(C)c(=O)n(C)c3=O)c3nccn23)C(=O)O)c(F)c1)C(F)(F)F. The van der Waals surface area contributed by atoms with Gasteiger partial charge in [0.15, 0.2) is 0 Å². The zero-order valence-corrected chi connectivity index (χ0v) is 22.9. The quantitative estimate of drug-likeness (QED) is 0.249. The first kappa shape index (κ1) is 30.9. The fourth-order valence-corrected chi connectivity index (χ4v) is 4.57. The van der Waals surface area contributed by atoms with Gasteiger partial charge in [0.05, 0.1) is 5.56 Å². The number of aromatic nitrogens is 4. The third kappa shape index (κ3) is 6.12. The third-order valence-corrected chi connectivity index (χ3v) is 6.80. The standard InChI is InChI=1S/C27H25F5N6O5/c1-4-20(27(30,31)32)34-13-9-17(28)21(18(29)10-13)23(39)35-19(25(41)42)11-14-5-6-15(22-33-7-8-38(14)22)16-12-36(2)26(43)37(3)24(16)40/h5-10,12,19-20,34H,4,11H2,1-3H3,(H,35,39)(H,41,42). The van der Waals surface area contributed by atoms with Crippen LogP contribution in [0.3, 0.4) is 0 Å². The molecule has 43 heavy (non-hydrogen) atoms. The van der Waals surface area contributed by atoms with Gasteiger partial charge in [0, 0.05) is 56.1 Å². The molecule has 0 aliphatic rings. The highest BCUT2D eigenvalue weighted by Gasteiger charge is 2.38. The van der Waals surface area contributed by atoms with Gasteiger partial charge in [-0.25, -0.2) is 23.4 Å². The lowest BCUT2D eigenvalue weighted by atomic mass is 10.1. The Kier molecular flexibility index (Phi) is 8.41. The summed E-state index contributed by atoms with van der Waals surface area (Å²) in [6, 6.07) is 0.170. The lowest BCUT2D eigenvalue weighted by Crippen LogP contribution is -2.43. The predicted octanol–water partition coefficient (Wildman–Crippen LogP) is 2.86. The van der Waals surface area contributed by atoms with Gasteiger partial charge >= 0.3 is 17.8 Å². The van der Waals surface area contributed by atoms with Gasteiger partial charge in [-0.15, -0.1) is 0 Å². The molecule has 16 heteroatoms. The highest BCUT2D eigenvalue weighted by molar-refractivity contribution is 5.97. The Morgan fingerprint density at radius 1 is 1.07 bits per heavy atom. The Morgan fingerprint density at radius 3 is 2.30 bits per heavy atom. The van der Waals surface area contributed by atoms with Crippen molar-refractivity contribution >= 4 is 23.2 Å². The van der Waals surface area contributed by atoms with Crippen molar-refractivity contribution < 1.29 is 36.6 Å². The molecule has 228 valence electrons. The molecule has 2 unspecified atom stereocenters. The number of imidazole rings is 1. The second-order valence-corrected chi connectivity index (χ2v) is 9.69. The monoisotopic (exact) mass is 608 g/mol. The number of anilines is 1. The number of hydrogen-bond acceptors (Lipinski definition) is 6. The van der Waals surface area contributed by atoms with Crippen LogP contribution in [0, 0.1) is 11.6 Å². The Hall–Kier alpha value is -5.02. The molecule has 4 rings (SSSR count). The summed E-state index contributed by atoms with van der Waals surface area (Å²) in [4.78, 5) is 53.9. The number of fused-ring (bicyclic) bond motifs is 1. The van der Waals surface area contributed by atoms with E-state index >= 15 is 0 Å². The van der Waals surface area contributed by atoms with Gasteiger partial charge < -0.3 is 24.7 Å². The number of nitrogens with one attached hydrogen (secondary N) is 2. The third-order valence-electron chi connectivity index (χ3n) is 6.80. The molecular formula is C27H25F5N6O5. The number of halogens is 5. The number of amides is 1. The van der Waals surface area contributed by atoms with E-state index in [1.165, 1.54) is 60.7 Å². The highest BCUT2D eigenvalue weighted by Crippen LogP contribution is 2.28. The molecule has 0 spiro atoms. The number of carbonyl (C=O) groups is 2. The summed E-state index contributed by atoms with van der Waals surface area (Å²) in [5, 5.41) is 13.8. The first-order valence-corrected chi connectivity index (χ1v) is 12.7. The van der Waals surface area contributed by atoms with Gasteiger partial charge in [-0.2, -0.15) is 13.2 Å². The van der Waals surface area contributed by atoms with Crippen molar-refractivity contribution in [1.82, 2.24) is 23.8 Å². The minimum atomic E-state index is -4.69. The lowest BCUT2D eigenvalue weighted by Gasteiger charge is -2.22. The van der Waals surface area contributed by atoms with Crippen molar-refractivity contribution in [1.29, 1.82) is 0 Å². The van der Waals surface area contributed by atoms with Crippen molar-refractivity contribution in [3.05, 3.63) is 86.6 Å². The first-order valence-electron chi connectivity index (χ1n) is 12.7. The molecule has 0 aliphatic heterocycles. The molecule has 0 bridgehead atoms. The van der Waals surface area contributed by atoms with E-state index in [0.717, 1.165) is 4.57 Å². The van der Waals surface area contributed by atoms with E-state index in [9.17, 15) is 46.2 Å². The van der Waals surface area contributed by atoms with E-state index in [1.54, 1.807) is 0 Å². The van der Waals surface area contributed by atoms with Crippen molar-refractivity contribution in [3.8, 4) is 11.1 Å². The van der Waals surface area contributed by atoms with Crippen LogP contribution in [0.4, 0.5) is 27.6 Å². The second kappa shape index (κ2) is 11.7. The van der Waals surface area contributed by atoms with Crippen LogP contribution in [-0.4, -0.2) is 53.8 Å². The minimum absolute atomic E-state index is 0.139. The Balaban J connectivity index is 1.62. The number of pyridine rings is 1. The topological polar surface area (TPSA) is 140 Å².